The molecule has 1 heterocycles. The van der Waals surface area contributed by atoms with Crippen LogP contribution in [-0.2, 0) is 22.6 Å². The van der Waals surface area contributed by atoms with E-state index in [0.717, 1.165) is 39.2 Å². The number of carbonyl (C=O) groups is 3. The van der Waals surface area contributed by atoms with Crippen LogP contribution < -0.4 is 5.32 Å². The van der Waals surface area contributed by atoms with Gasteiger partial charge in [0.05, 0.1) is 19.2 Å². The number of hydrogen-bond donors (Lipinski definition) is 2. The maximum atomic E-state index is 13.2. The van der Waals surface area contributed by atoms with Crippen LogP contribution in [0.4, 0.5) is 4.79 Å². The number of nitrogens with one attached hydrogen (secondary N) is 1. The molecule has 0 radical (unpaired) electrons. The van der Waals surface area contributed by atoms with Crippen molar-refractivity contribution in [3.05, 3.63) is 112 Å². The van der Waals surface area contributed by atoms with Crippen LogP contribution in [-0.4, -0.2) is 46.1 Å². The lowest BCUT2D eigenvalue weighted by molar-refractivity contribution is -0.137. The zero-order valence-electron chi connectivity index (χ0n) is 21.1. The molecule has 0 fully saturated rings. The third-order valence-corrected chi connectivity index (χ3v) is 7.58. The SMILES string of the molecule is O=C(O)CCN(Cc1ccccc1)C(=O)c1cnc(CNC(=O)OCC2c3ccccc3-c3ccccc32)s1. The number of hydrogen-bond acceptors (Lipinski definition) is 6. The van der Waals surface area contributed by atoms with Gasteiger partial charge in [-0.15, -0.1) is 11.3 Å². The standard InChI is InChI=1S/C30H27N3O5S/c34-28(35)14-15-33(18-20-8-2-1-3-9-20)29(36)26-16-31-27(39-26)17-32-30(37)38-19-25-23-12-6-4-10-21(23)22-11-5-7-13-24(22)25/h1-13,16,25H,14-15,17-19H2,(H,32,37)(H,34,35). The molecule has 0 unspecified atom stereocenters. The Morgan fingerprint density at radius 2 is 1.56 bits per heavy atom. The highest BCUT2D eigenvalue weighted by molar-refractivity contribution is 7.13. The van der Waals surface area contributed by atoms with Crippen molar-refractivity contribution < 1.29 is 24.2 Å². The molecule has 0 spiro atoms. The predicted octanol–water partition coefficient (Wildman–Crippen LogP) is 5.30. The van der Waals surface area contributed by atoms with E-state index in [2.05, 4.69) is 34.6 Å². The summed E-state index contributed by atoms with van der Waals surface area (Å²) in [6.45, 7) is 0.689. The van der Waals surface area contributed by atoms with Gasteiger partial charge in [0.25, 0.3) is 5.91 Å². The fraction of sp³-hybridized carbons (Fsp3) is 0.200. The van der Waals surface area contributed by atoms with Gasteiger partial charge < -0.3 is 20.1 Å². The molecule has 0 aliphatic heterocycles. The number of nitrogens with zero attached hydrogens (tertiary/aromatic N) is 2. The summed E-state index contributed by atoms with van der Waals surface area (Å²) in [7, 11) is 0. The Morgan fingerprint density at radius 1 is 0.923 bits per heavy atom. The number of thiazole rings is 1. The van der Waals surface area contributed by atoms with E-state index in [4.69, 9.17) is 9.84 Å². The Balaban J connectivity index is 1.17. The van der Waals surface area contributed by atoms with Crippen LogP contribution in [0.3, 0.4) is 0 Å². The second kappa shape index (κ2) is 11.9. The number of carboxylic acid groups (broad SMARTS) is 1. The summed E-state index contributed by atoms with van der Waals surface area (Å²) in [4.78, 5) is 42.9. The lowest BCUT2D eigenvalue weighted by atomic mass is 9.98. The number of aromatic nitrogens is 1. The summed E-state index contributed by atoms with van der Waals surface area (Å²) < 4.78 is 5.57. The van der Waals surface area contributed by atoms with Crippen molar-refractivity contribution in [1.82, 2.24) is 15.2 Å². The first-order valence-electron chi connectivity index (χ1n) is 12.6. The van der Waals surface area contributed by atoms with Crippen LogP contribution in [0.1, 0.15) is 43.7 Å². The third kappa shape index (κ3) is 6.15. The number of ether oxygens (including phenoxy) is 1. The van der Waals surface area contributed by atoms with Gasteiger partial charge in [-0.25, -0.2) is 9.78 Å². The lowest BCUT2D eigenvalue weighted by Crippen LogP contribution is -2.32. The summed E-state index contributed by atoms with van der Waals surface area (Å²) >= 11 is 1.16. The Morgan fingerprint density at radius 3 is 2.23 bits per heavy atom. The smallest absolute Gasteiger partial charge is 0.407 e. The van der Waals surface area contributed by atoms with Crippen LogP contribution in [0, 0.1) is 0 Å². The number of amides is 2. The Hall–Kier alpha value is -4.50. The summed E-state index contributed by atoms with van der Waals surface area (Å²) in [6, 6.07) is 25.7. The van der Waals surface area contributed by atoms with Crippen LogP contribution >= 0.6 is 11.3 Å². The van der Waals surface area contributed by atoms with E-state index < -0.39 is 12.1 Å². The summed E-state index contributed by atoms with van der Waals surface area (Å²) in [6.07, 6.45) is 0.737. The molecule has 198 valence electrons. The Kier molecular flexibility index (Phi) is 7.98. The van der Waals surface area contributed by atoms with Gasteiger partial charge in [0.2, 0.25) is 0 Å². The van der Waals surface area contributed by atoms with Crippen molar-refractivity contribution in [3.63, 3.8) is 0 Å². The van der Waals surface area contributed by atoms with Crippen LogP contribution in [0.2, 0.25) is 0 Å². The molecule has 0 atom stereocenters. The zero-order valence-corrected chi connectivity index (χ0v) is 21.9. The number of alkyl carbamates (subject to hydrolysis) is 1. The van der Waals surface area contributed by atoms with Gasteiger partial charge >= 0.3 is 12.1 Å². The fourth-order valence-electron chi connectivity index (χ4n) is 4.73. The van der Waals surface area contributed by atoms with E-state index in [9.17, 15) is 14.4 Å². The molecule has 3 aromatic carbocycles. The van der Waals surface area contributed by atoms with Gasteiger partial charge in [0.15, 0.2) is 0 Å². The molecule has 0 bridgehead atoms. The maximum absolute atomic E-state index is 13.2. The van der Waals surface area contributed by atoms with E-state index in [1.165, 1.54) is 11.1 Å². The van der Waals surface area contributed by atoms with E-state index >= 15 is 0 Å². The molecule has 39 heavy (non-hydrogen) atoms. The van der Waals surface area contributed by atoms with E-state index in [1.54, 1.807) is 0 Å². The van der Waals surface area contributed by atoms with Crippen molar-refractivity contribution in [2.75, 3.05) is 13.2 Å². The molecule has 2 amide bonds. The maximum Gasteiger partial charge on any atom is 0.407 e. The second-order valence-electron chi connectivity index (χ2n) is 9.15. The molecular formula is C30H27N3O5S. The highest BCUT2D eigenvalue weighted by atomic mass is 32.1. The van der Waals surface area contributed by atoms with Crippen molar-refractivity contribution in [2.45, 2.75) is 25.4 Å². The minimum Gasteiger partial charge on any atom is -0.481 e. The number of fused-ring (bicyclic) bond motifs is 3. The molecule has 1 aliphatic rings. The molecule has 1 aromatic heterocycles. The number of carboxylic acids is 1. The molecule has 0 saturated carbocycles. The van der Waals surface area contributed by atoms with E-state index in [1.807, 2.05) is 54.6 Å². The lowest BCUT2D eigenvalue weighted by Gasteiger charge is -2.21. The van der Waals surface area contributed by atoms with E-state index in [0.29, 0.717) is 9.88 Å². The quantitative estimate of drug-likeness (QED) is 0.282. The highest BCUT2D eigenvalue weighted by Gasteiger charge is 2.29. The first kappa shape index (κ1) is 26.1. The molecule has 1 aliphatic carbocycles. The molecule has 5 rings (SSSR count). The largest absolute Gasteiger partial charge is 0.481 e. The Bertz CT molecular complexity index is 1440. The number of carbonyl (C=O) groups excluding carboxylic acids is 2. The second-order valence-corrected chi connectivity index (χ2v) is 10.3. The minimum atomic E-state index is -0.974. The molecule has 9 heteroatoms. The van der Waals surface area contributed by atoms with Crippen LogP contribution in [0.15, 0.2) is 85.1 Å². The van der Waals surface area contributed by atoms with Crippen LogP contribution in [0.5, 0.6) is 0 Å². The van der Waals surface area contributed by atoms with Gasteiger partial charge in [-0.3, -0.25) is 9.59 Å². The zero-order chi connectivity index (χ0) is 27.2. The highest BCUT2D eigenvalue weighted by Crippen LogP contribution is 2.44. The number of benzene rings is 3. The van der Waals surface area contributed by atoms with Crippen molar-refractivity contribution in [2.24, 2.45) is 0 Å². The van der Waals surface area contributed by atoms with Crippen molar-refractivity contribution in [3.8, 4) is 11.1 Å². The van der Waals surface area contributed by atoms with E-state index in [-0.39, 0.29) is 44.5 Å². The molecule has 0 saturated heterocycles. The monoisotopic (exact) mass is 541 g/mol. The van der Waals surface area contributed by atoms with Gasteiger partial charge in [0, 0.05) is 19.0 Å². The molecule has 4 aromatic rings. The minimum absolute atomic E-state index is 0.0337. The van der Waals surface area contributed by atoms with Gasteiger partial charge in [-0.1, -0.05) is 78.9 Å². The van der Waals surface area contributed by atoms with Gasteiger partial charge in [-0.2, -0.15) is 0 Å². The van der Waals surface area contributed by atoms with Crippen molar-refractivity contribution in [1.29, 1.82) is 0 Å². The molecular weight excluding hydrogens is 514 g/mol. The first-order valence-corrected chi connectivity index (χ1v) is 13.4. The average Bonchev–Trinajstić information content (AvgIpc) is 3.56. The topological polar surface area (TPSA) is 109 Å². The third-order valence-electron chi connectivity index (χ3n) is 6.59. The Labute approximate surface area is 229 Å². The van der Waals surface area contributed by atoms with Gasteiger partial charge in [-0.05, 0) is 27.8 Å². The van der Waals surface area contributed by atoms with Crippen LogP contribution in [0.25, 0.3) is 11.1 Å². The summed E-state index contributed by atoms with van der Waals surface area (Å²) in [5, 5.41) is 12.4. The molecule has 2 N–H and O–H groups in total. The number of aliphatic carboxylic acids is 1. The van der Waals surface area contributed by atoms with Crippen molar-refractivity contribution >= 4 is 29.3 Å². The van der Waals surface area contributed by atoms with Gasteiger partial charge in [0.1, 0.15) is 16.5 Å². The summed E-state index contributed by atoms with van der Waals surface area (Å²) in [5.74, 6) is -1.31. The predicted molar refractivity (Wildman–Crippen MR) is 147 cm³/mol. The fourth-order valence-corrected chi connectivity index (χ4v) is 5.56. The average molecular weight is 542 g/mol. The first-order chi connectivity index (χ1) is 19.0. The summed E-state index contributed by atoms with van der Waals surface area (Å²) in [5.41, 5.74) is 5.49. The molecule has 8 nitrogen and oxygen atoms in total. The number of rotatable bonds is 10. The normalized spacial score (nSPS) is 11.9.